The molecule has 7 heteroatoms. The summed E-state index contributed by atoms with van der Waals surface area (Å²) in [5.41, 5.74) is 2.42. The number of benzene rings is 2. The molecule has 1 N–H and O–H groups in total. The molecule has 2 heterocycles. The number of hydrogen-bond acceptors (Lipinski definition) is 5. The third-order valence-electron chi connectivity index (χ3n) is 5.04. The predicted molar refractivity (Wildman–Crippen MR) is 130 cm³/mol. The van der Waals surface area contributed by atoms with Gasteiger partial charge in [-0.1, -0.05) is 36.9 Å². The second kappa shape index (κ2) is 9.03. The van der Waals surface area contributed by atoms with Gasteiger partial charge in [-0.25, -0.2) is 4.79 Å². The first-order valence-electron chi connectivity index (χ1n) is 10.0. The highest BCUT2D eigenvalue weighted by Crippen LogP contribution is 2.32. The van der Waals surface area contributed by atoms with Gasteiger partial charge in [-0.05, 0) is 61.2 Å². The Morgan fingerprint density at radius 2 is 1.84 bits per heavy atom. The Morgan fingerprint density at radius 1 is 1.12 bits per heavy atom. The van der Waals surface area contributed by atoms with Crippen LogP contribution in [0.5, 0.6) is 0 Å². The summed E-state index contributed by atoms with van der Waals surface area (Å²) in [6, 6.07) is 20.8. The molecule has 1 amide bonds. The Kier molecular flexibility index (Phi) is 6.00. The summed E-state index contributed by atoms with van der Waals surface area (Å²) < 4.78 is 0. The average Bonchev–Trinajstić information content (AvgIpc) is 3.41. The van der Waals surface area contributed by atoms with Crippen molar-refractivity contribution in [2.45, 2.75) is 6.92 Å². The van der Waals surface area contributed by atoms with Crippen LogP contribution in [-0.2, 0) is 9.59 Å². The van der Waals surface area contributed by atoms with E-state index in [0.29, 0.717) is 5.69 Å². The molecule has 32 heavy (non-hydrogen) atoms. The third-order valence-corrected chi connectivity index (χ3v) is 6.12. The highest BCUT2D eigenvalue weighted by molar-refractivity contribution is 7.16. The molecule has 4 rings (SSSR count). The molecule has 0 bridgehead atoms. The van der Waals surface area contributed by atoms with Crippen LogP contribution in [-0.4, -0.2) is 29.2 Å². The molecule has 0 aliphatic carbocycles. The lowest BCUT2D eigenvalue weighted by Gasteiger charge is -2.17. The largest absolute Gasteiger partial charge is 0.476 e. The number of hydrazone groups is 1. The van der Waals surface area contributed by atoms with Gasteiger partial charge in [0.15, 0.2) is 5.71 Å². The lowest BCUT2D eigenvalue weighted by atomic mass is 10.1. The maximum atomic E-state index is 12.9. The summed E-state index contributed by atoms with van der Waals surface area (Å²) in [6.45, 7) is 6.73. The van der Waals surface area contributed by atoms with E-state index in [1.807, 2.05) is 47.4 Å². The molecule has 3 aromatic rings. The smallest absolute Gasteiger partial charge is 0.357 e. The van der Waals surface area contributed by atoms with Gasteiger partial charge in [-0.3, -0.25) is 4.79 Å². The third kappa shape index (κ3) is 4.10. The highest BCUT2D eigenvalue weighted by Gasteiger charge is 2.35. The number of amides is 1. The molecule has 0 spiro atoms. The van der Waals surface area contributed by atoms with Crippen molar-refractivity contribution in [2.24, 2.45) is 5.10 Å². The number of hydrogen-bond donors (Lipinski definition) is 1. The molecule has 0 unspecified atom stereocenters. The molecule has 6 nitrogen and oxygen atoms in total. The Labute approximate surface area is 190 Å². The van der Waals surface area contributed by atoms with Crippen LogP contribution in [0.3, 0.4) is 0 Å². The quantitative estimate of drug-likeness (QED) is 0.506. The first-order valence-corrected chi connectivity index (χ1v) is 10.9. The second-order valence-corrected chi connectivity index (χ2v) is 8.10. The number of rotatable bonds is 7. The van der Waals surface area contributed by atoms with Gasteiger partial charge in [0, 0.05) is 22.0 Å². The van der Waals surface area contributed by atoms with E-state index in [9.17, 15) is 14.7 Å². The van der Waals surface area contributed by atoms with Crippen LogP contribution in [0.4, 0.5) is 11.4 Å². The number of thiophene rings is 1. The fourth-order valence-corrected chi connectivity index (χ4v) is 4.37. The monoisotopic (exact) mass is 443 g/mol. The molecular weight excluding hydrogens is 422 g/mol. The van der Waals surface area contributed by atoms with Gasteiger partial charge in [0.2, 0.25) is 0 Å². The molecule has 160 valence electrons. The average molecular weight is 444 g/mol. The topological polar surface area (TPSA) is 73.2 Å². The van der Waals surface area contributed by atoms with E-state index in [-0.39, 0.29) is 11.3 Å². The summed E-state index contributed by atoms with van der Waals surface area (Å²) in [4.78, 5) is 28.5. The molecule has 0 radical (unpaired) electrons. The van der Waals surface area contributed by atoms with Crippen molar-refractivity contribution in [1.82, 2.24) is 0 Å². The summed E-state index contributed by atoms with van der Waals surface area (Å²) >= 11 is 1.48. The van der Waals surface area contributed by atoms with Gasteiger partial charge in [-0.15, -0.1) is 11.3 Å². The standard InChI is InChI=1S/C25H21N3O3S/c1-3-27(4-2)18-12-10-17(11-13-18)22-15-14-20(32-22)16-21-23(25(30)31)26-28(24(21)29)19-8-6-5-7-9-19/h3,5-16H,1,4H2,2H3,(H,30,31)/b21-16-. The number of carboxylic acids is 1. The highest BCUT2D eigenvalue weighted by atomic mass is 32.1. The minimum Gasteiger partial charge on any atom is -0.476 e. The number of aliphatic carboxylic acids is 1. The predicted octanol–water partition coefficient (Wildman–Crippen LogP) is 5.26. The lowest BCUT2D eigenvalue weighted by molar-refractivity contribution is -0.129. The van der Waals surface area contributed by atoms with Gasteiger partial charge in [0.1, 0.15) is 0 Å². The Balaban J connectivity index is 1.62. The van der Waals surface area contributed by atoms with Crippen LogP contribution < -0.4 is 9.91 Å². The number of carboxylic acid groups (broad SMARTS) is 1. The first-order chi connectivity index (χ1) is 15.5. The van der Waals surface area contributed by atoms with Crippen molar-refractivity contribution in [3.63, 3.8) is 0 Å². The Hall–Kier alpha value is -3.97. The van der Waals surface area contributed by atoms with Gasteiger partial charge in [0.05, 0.1) is 11.3 Å². The van der Waals surface area contributed by atoms with Crippen LogP contribution in [0.15, 0.2) is 90.2 Å². The van der Waals surface area contributed by atoms with E-state index in [2.05, 4.69) is 18.6 Å². The van der Waals surface area contributed by atoms with Crippen LogP contribution in [0, 0.1) is 0 Å². The zero-order valence-electron chi connectivity index (χ0n) is 17.4. The zero-order chi connectivity index (χ0) is 22.7. The number of nitrogens with zero attached hydrogens (tertiary/aromatic N) is 3. The lowest BCUT2D eigenvalue weighted by Crippen LogP contribution is -2.22. The summed E-state index contributed by atoms with van der Waals surface area (Å²) in [5.74, 6) is -1.70. The van der Waals surface area contributed by atoms with E-state index in [1.165, 1.54) is 11.3 Å². The van der Waals surface area contributed by atoms with E-state index in [1.54, 1.807) is 36.5 Å². The van der Waals surface area contributed by atoms with Crippen LogP contribution in [0.25, 0.3) is 16.5 Å². The molecule has 0 atom stereocenters. The van der Waals surface area contributed by atoms with Crippen molar-refractivity contribution in [3.05, 3.63) is 90.0 Å². The Bertz CT molecular complexity index is 1230. The molecule has 1 aliphatic rings. The van der Waals surface area contributed by atoms with E-state index < -0.39 is 11.9 Å². The van der Waals surface area contributed by atoms with Gasteiger partial charge < -0.3 is 10.0 Å². The molecular formula is C25H21N3O3S. The summed E-state index contributed by atoms with van der Waals surface area (Å²) in [7, 11) is 0. The number of para-hydroxylation sites is 1. The van der Waals surface area contributed by atoms with Gasteiger partial charge in [0.25, 0.3) is 5.91 Å². The van der Waals surface area contributed by atoms with Crippen molar-refractivity contribution < 1.29 is 14.7 Å². The molecule has 0 fully saturated rings. The minimum atomic E-state index is -1.24. The van der Waals surface area contributed by atoms with Crippen LogP contribution >= 0.6 is 11.3 Å². The van der Waals surface area contributed by atoms with Crippen molar-refractivity contribution in [1.29, 1.82) is 0 Å². The SMILES string of the molecule is C=CN(CC)c1ccc(-c2ccc(/C=C3\C(=O)N(c4ccccc4)N=C3C(=O)O)s2)cc1. The number of anilines is 2. The zero-order valence-corrected chi connectivity index (χ0v) is 18.2. The normalized spacial score (nSPS) is 14.5. The van der Waals surface area contributed by atoms with Gasteiger partial charge in [-0.2, -0.15) is 10.1 Å². The van der Waals surface area contributed by atoms with Crippen molar-refractivity contribution in [2.75, 3.05) is 16.5 Å². The van der Waals surface area contributed by atoms with Gasteiger partial charge >= 0.3 is 5.97 Å². The minimum absolute atomic E-state index is 0.0645. The molecule has 1 aliphatic heterocycles. The van der Waals surface area contributed by atoms with Crippen LogP contribution in [0.2, 0.25) is 0 Å². The molecule has 1 aromatic heterocycles. The number of carbonyl (C=O) groups excluding carboxylic acids is 1. The molecule has 0 saturated carbocycles. The second-order valence-electron chi connectivity index (χ2n) is 6.98. The maximum absolute atomic E-state index is 12.9. The Morgan fingerprint density at radius 3 is 2.47 bits per heavy atom. The molecule has 0 saturated heterocycles. The van der Waals surface area contributed by atoms with Crippen molar-refractivity contribution >= 4 is 46.4 Å². The molecule has 2 aromatic carbocycles. The maximum Gasteiger partial charge on any atom is 0.357 e. The van der Waals surface area contributed by atoms with E-state index in [4.69, 9.17) is 0 Å². The van der Waals surface area contributed by atoms with E-state index in [0.717, 1.165) is 32.6 Å². The summed E-state index contributed by atoms with van der Waals surface area (Å²) in [6.07, 6.45) is 3.39. The van der Waals surface area contributed by atoms with E-state index >= 15 is 0 Å². The first kappa shape index (κ1) is 21.3. The van der Waals surface area contributed by atoms with Crippen molar-refractivity contribution in [3.8, 4) is 10.4 Å². The van der Waals surface area contributed by atoms with Crippen LogP contribution in [0.1, 0.15) is 11.8 Å². The summed E-state index contributed by atoms with van der Waals surface area (Å²) in [5, 5.41) is 14.8. The fourth-order valence-electron chi connectivity index (χ4n) is 3.41. The number of carbonyl (C=O) groups is 2. The fraction of sp³-hybridized carbons (Fsp3) is 0.0800.